The monoisotopic (exact) mass is 470 g/mol. The van der Waals surface area contributed by atoms with Crippen molar-refractivity contribution in [3.8, 4) is 0 Å². The first-order chi connectivity index (χ1) is 15.8. The smallest absolute Gasteiger partial charge is 0.403 e. The lowest BCUT2D eigenvalue weighted by atomic mass is 9.90. The molecule has 1 atom stereocenters. The summed E-state index contributed by atoms with van der Waals surface area (Å²) in [7, 11) is -2.46. The molecule has 0 aliphatic carbocycles. The lowest BCUT2D eigenvalue weighted by Crippen LogP contribution is -2.53. The molecule has 1 heterocycles. The summed E-state index contributed by atoms with van der Waals surface area (Å²) in [6.45, 7) is 18.1. The van der Waals surface area contributed by atoms with Gasteiger partial charge in [-0.15, -0.1) is 0 Å². The van der Waals surface area contributed by atoms with E-state index in [1.807, 2.05) is 0 Å². The van der Waals surface area contributed by atoms with E-state index in [4.69, 9.17) is 9.31 Å². The molecule has 4 heteroatoms. The number of rotatable bonds is 5. The normalized spacial score (nSPS) is 19.9. The van der Waals surface area contributed by atoms with Crippen molar-refractivity contribution in [3.05, 3.63) is 83.6 Å². The Bertz CT molecular complexity index is 1170. The van der Waals surface area contributed by atoms with Crippen LogP contribution in [0.25, 0.3) is 16.8 Å². The van der Waals surface area contributed by atoms with Crippen LogP contribution >= 0.6 is 0 Å². The molecule has 0 bridgehead atoms. The number of hydrogen-bond donors (Lipinski definition) is 0. The molecule has 0 aromatic heterocycles. The molecule has 3 aromatic carbocycles. The SMILES string of the molecule is CC(C)(C)/C(=C\c1cccc2ccccc12)[Si](C)(CB1OC(C)(C)C(C)(C)O1)c1ccccc1. The summed E-state index contributed by atoms with van der Waals surface area (Å²) in [6.07, 6.45) is 2.48. The third kappa shape index (κ3) is 4.69. The van der Waals surface area contributed by atoms with Gasteiger partial charge in [0.1, 0.15) is 8.07 Å². The molecule has 1 saturated heterocycles. The van der Waals surface area contributed by atoms with Crippen LogP contribution in [0.4, 0.5) is 0 Å². The molecule has 0 radical (unpaired) electrons. The van der Waals surface area contributed by atoms with Crippen LogP contribution in [-0.2, 0) is 9.31 Å². The van der Waals surface area contributed by atoms with Gasteiger partial charge < -0.3 is 9.31 Å². The average Bonchev–Trinajstić information content (AvgIpc) is 2.97. The van der Waals surface area contributed by atoms with Gasteiger partial charge in [-0.1, -0.05) is 117 Å². The van der Waals surface area contributed by atoms with Gasteiger partial charge in [-0.3, -0.25) is 0 Å². The molecule has 0 N–H and O–H groups in total. The minimum Gasteiger partial charge on any atom is -0.403 e. The highest BCUT2D eigenvalue weighted by molar-refractivity contribution is 7.02. The average molecular weight is 471 g/mol. The quantitative estimate of drug-likeness (QED) is 0.361. The topological polar surface area (TPSA) is 18.5 Å². The van der Waals surface area contributed by atoms with Crippen molar-refractivity contribution in [2.24, 2.45) is 5.41 Å². The summed E-state index contributed by atoms with van der Waals surface area (Å²) in [5, 5.41) is 5.51. The maximum absolute atomic E-state index is 6.55. The molecular weight excluding hydrogens is 431 g/mol. The minimum atomic E-state index is -2.24. The second-order valence-electron chi connectivity index (χ2n) is 12.0. The molecule has 0 spiro atoms. The van der Waals surface area contributed by atoms with Gasteiger partial charge in [0.05, 0.1) is 11.2 Å². The summed E-state index contributed by atoms with van der Waals surface area (Å²) < 4.78 is 13.1. The lowest BCUT2D eigenvalue weighted by molar-refractivity contribution is 0.00578. The Kier molecular flexibility index (Phi) is 6.48. The fourth-order valence-corrected chi connectivity index (χ4v) is 9.96. The Morgan fingerprint density at radius 3 is 2.00 bits per heavy atom. The molecule has 1 aliphatic heterocycles. The first kappa shape index (κ1) is 25.0. The second kappa shape index (κ2) is 8.82. The fraction of sp³-hybridized carbons (Fsp3) is 0.400. The van der Waals surface area contributed by atoms with E-state index in [0.29, 0.717) is 0 Å². The van der Waals surface area contributed by atoms with E-state index >= 15 is 0 Å². The van der Waals surface area contributed by atoms with Crippen molar-refractivity contribution in [2.75, 3.05) is 0 Å². The molecule has 1 aliphatic rings. The van der Waals surface area contributed by atoms with Gasteiger partial charge in [-0.05, 0) is 55.4 Å². The maximum Gasteiger partial charge on any atom is 0.455 e. The molecule has 1 fully saturated rings. The second-order valence-corrected chi connectivity index (χ2v) is 16.2. The Hall–Kier alpha value is -2.14. The van der Waals surface area contributed by atoms with Crippen LogP contribution in [0, 0.1) is 5.41 Å². The molecule has 178 valence electrons. The van der Waals surface area contributed by atoms with Gasteiger partial charge >= 0.3 is 7.12 Å². The van der Waals surface area contributed by atoms with E-state index in [9.17, 15) is 0 Å². The van der Waals surface area contributed by atoms with Crippen molar-refractivity contribution < 1.29 is 9.31 Å². The van der Waals surface area contributed by atoms with E-state index in [0.717, 1.165) is 5.94 Å². The molecule has 0 saturated carbocycles. The summed E-state index contributed by atoms with van der Waals surface area (Å²) in [5.41, 5.74) is 0.624. The van der Waals surface area contributed by atoms with Gasteiger partial charge in [-0.2, -0.15) is 0 Å². The van der Waals surface area contributed by atoms with Crippen molar-refractivity contribution in [2.45, 2.75) is 72.2 Å². The largest absolute Gasteiger partial charge is 0.455 e. The Morgan fingerprint density at radius 1 is 0.824 bits per heavy atom. The molecule has 0 amide bonds. The van der Waals surface area contributed by atoms with Crippen LogP contribution in [0.5, 0.6) is 0 Å². The number of benzene rings is 3. The van der Waals surface area contributed by atoms with E-state index in [2.05, 4.69) is 134 Å². The summed E-state index contributed by atoms with van der Waals surface area (Å²) in [5.74, 6) is 0.887. The van der Waals surface area contributed by atoms with Crippen LogP contribution in [-0.4, -0.2) is 26.4 Å². The van der Waals surface area contributed by atoms with E-state index in [1.165, 1.54) is 26.7 Å². The zero-order chi connectivity index (χ0) is 24.8. The van der Waals surface area contributed by atoms with Crippen LogP contribution < -0.4 is 5.19 Å². The predicted octanol–water partition coefficient (Wildman–Crippen LogP) is 7.43. The first-order valence-electron chi connectivity index (χ1n) is 12.5. The van der Waals surface area contributed by atoms with Gasteiger partial charge in [0.15, 0.2) is 0 Å². The summed E-state index contributed by atoms with van der Waals surface area (Å²) >= 11 is 0. The zero-order valence-electron chi connectivity index (χ0n) is 22.1. The lowest BCUT2D eigenvalue weighted by Gasteiger charge is -2.39. The minimum absolute atomic E-state index is 0.00258. The van der Waals surface area contributed by atoms with Crippen LogP contribution in [0.1, 0.15) is 54.0 Å². The van der Waals surface area contributed by atoms with Crippen LogP contribution in [0.15, 0.2) is 78.0 Å². The summed E-state index contributed by atoms with van der Waals surface area (Å²) in [4.78, 5) is 0. The van der Waals surface area contributed by atoms with Gasteiger partial charge in [-0.25, -0.2) is 0 Å². The molecule has 34 heavy (non-hydrogen) atoms. The first-order valence-corrected chi connectivity index (χ1v) is 15.2. The standard InChI is InChI=1S/C30H39BO2Si/c1-28(2,3)27(21-24-17-14-16-23-15-12-13-20-26(23)24)34(8,25-18-10-9-11-19-25)22-31-32-29(4,5)30(6,7)33-31/h9-21H,22H2,1-8H3/b27-21+. The van der Waals surface area contributed by atoms with E-state index < -0.39 is 8.07 Å². The van der Waals surface area contributed by atoms with Crippen LogP contribution in [0.2, 0.25) is 12.5 Å². The molecule has 2 nitrogen and oxygen atoms in total. The highest BCUT2D eigenvalue weighted by Crippen LogP contribution is 2.43. The van der Waals surface area contributed by atoms with Gasteiger partial charge in [0.25, 0.3) is 0 Å². The Balaban J connectivity index is 1.88. The summed E-state index contributed by atoms with van der Waals surface area (Å²) in [6, 6.07) is 26.4. The fourth-order valence-electron chi connectivity index (χ4n) is 5.31. The molecule has 3 aromatic rings. The highest BCUT2D eigenvalue weighted by atomic mass is 28.3. The zero-order valence-corrected chi connectivity index (χ0v) is 23.1. The van der Waals surface area contributed by atoms with E-state index in [1.54, 1.807) is 0 Å². The Labute approximate surface area is 207 Å². The number of allylic oxidation sites excluding steroid dienone is 1. The molecular formula is C30H39BO2Si. The van der Waals surface area contributed by atoms with Crippen LogP contribution in [0.3, 0.4) is 0 Å². The maximum atomic E-state index is 6.55. The van der Waals surface area contributed by atoms with Crippen molar-refractivity contribution in [1.29, 1.82) is 0 Å². The third-order valence-corrected chi connectivity index (χ3v) is 12.7. The van der Waals surface area contributed by atoms with Crippen molar-refractivity contribution in [3.63, 3.8) is 0 Å². The molecule has 1 unspecified atom stereocenters. The Morgan fingerprint density at radius 2 is 1.38 bits per heavy atom. The molecule has 4 rings (SSSR count). The van der Waals surface area contributed by atoms with E-state index in [-0.39, 0.29) is 23.7 Å². The van der Waals surface area contributed by atoms with Gasteiger partial charge in [0, 0.05) is 0 Å². The van der Waals surface area contributed by atoms with Crippen molar-refractivity contribution in [1.82, 2.24) is 0 Å². The predicted molar refractivity (Wildman–Crippen MR) is 150 cm³/mol. The third-order valence-electron chi connectivity index (χ3n) is 7.81. The number of fused-ring (bicyclic) bond motifs is 1. The highest BCUT2D eigenvalue weighted by Gasteiger charge is 2.54. The van der Waals surface area contributed by atoms with Crippen molar-refractivity contribution >= 4 is 37.2 Å². The number of hydrogen-bond acceptors (Lipinski definition) is 2. The van der Waals surface area contributed by atoms with Gasteiger partial charge in [0.2, 0.25) is 0 Å².